The van der Waals surface area contributed by atoms with Gasteiger partial charge in [-0.1, -0.05) is 42.5 Å². The number of thioether (sulfide) groups is 1. The van der Waals surface area contributed by atoms with Gasteiger partial charge in [-0.05, 0) is 74.2 Å². The van der Waals surface area contributed by atoms with Crippen molar-refractivity contribution in [2.24, 2.45) is 0 Å². The van der Waals surface area contributed by atoms with Crippen LogP contribution in [-0.2, 0) is 25.3 Å². The molecule has 3 aromatic rings. The molecule has 0 spiro atoms. The standard InChI is InChI=1S/C32H36N5O8PS/c1-32(2,3)44-31(40)36-35-27(18-21-8-14-25(15-9-21)45-46(41,42)43)29(38)34-28-20-47-17-16-37(30(28)39)24-12-10-22(11-13-24)26-7-5-4-6-23(26)19-33/h4-15,27-28,35H,16-18,20H2,1-3H3,(H,34,38)(H,36,40)(H2,41,42,43)/t27-,28-/m0/s1. The zero-order valence-corrected chi connectivity index (χ0v) is 27.7. The van der Waals surface area contributed by atoms with Crippen molar-refractivity contribution in [3.63, 3.8) is 0 Å². The molecular weight excluding hydrogens is 645 g/mol. The predicted octanol–water partition coefficient (Wildman–Crippen LogP) is 3.90. The Morgan fingerprint density at radius 2 is 1.77 bits per heavy atom. The number of anilines is 1. The number of phosphoric acid groups is 1. The molecule has 3 amide bonds. The van der Waals surface area contributed by atoms with E-state index in [9.17, 15) is 24.2 Å². The Balaban J connectivity index is 1.50. The number of nitriles is 1. The highest BCUT2D eigenvalue weighted by atomic mass is 32.2. The number of carbonyl (C=O) groups is 3. The molecule has 0 aliphatic carbocycles. The second-order valence-corrected chi connectivity index (χ2v) is 13.9. The Hall–Kier alpha value is -4.38. The molecule has 4 rings (SSSR count). The summed E-state index contributed by atoms with van der Waals surface area (Å²) in [6.45, 7) is 5.50. The maximum absolute atomic E-state index is 13.8. The van der Waals surface area contributed by atoms with Crippen molar-refractivity contribution < 1.29 is 38.0 Å². The Labute approximate surface area is 276 Å². The third-order valence-corrected chi connectivity index (χ3v) is 8.30. The van der Waals surface area contributed by atoms with Crippen LogP contribution in [0.1, 0.15) is 31.9 Å². The molecular formula is C32H36N5O8PS. The van der Waals surface area contributed by atoms with Gasteiger partial charge in [0.2, 0.25) is 11.8 Å². The molecule has 0 unspecified atom stereocenters. The Kier molecular flexibility index (Phi) is 11.7. The molecule has 15 heteroatoms. The van der Waals surface area contributed by atoms with Crippen LogP contribution >= 0.6 is 19.6 Å². The van der Waals surface area contributed by atoms with Gasteiger partial charge in [0.15, 0.2) is 0 Å². The summed E-state index contributed by atoms with van der Waals surface area (Å²) in [5.74, 6) is 0.0377. The highest BCUT2D eigenvalue weighted by Gasteiger charge is 2.32. The van der Waals surface area contributed by atoms with Gasteiger partial charge < -0.3 is 19.5 Å². The van der Waals surface area contributed by atoms with Crippen LogP contribution in [0.5, 0.6) is 5.75 Å². The lowest BCUT2D eigenvalue weighted by Crippen LogP contribution is -2.58. The molecule has 1 aliphatic rings. The number of nitrogens with one attached hydrogen (secondary N) is 3. The van der Waals surface area contributed by atoms with Crippen molar-refractivity contribution in [1.82, 2.24) is 16.2 Å². The summed E-state index contributed by atoms with van der Waals surface area (Å²) in [5.41, 5.74) is 7.67. The maximum atomic E-state index is 13.8. The summed E-state index contributed by atoms with van der Waals surface area (Å²) >= 11 is 1.52. The van der Waals surface area contributed by atoms with Crippen LogP contribution in [0.15, 0.2) is 72.8 Å². The fourth-order valence-electron chi connectivity index (χ4n) is 4.73. The molecule has 47 heavy (non-hydrogen) atoms. The lowest BCUT2D eigenvalue weighted by atomic mass is 10.00. The van der Waals surface area contributed by atoms with Gasteiger partial charge >= 0.3 is 13.9 Å². The topological polar surface area (TPSA) is 190 Å². The number of phosphoric ester groups is 1. The Morgan fingerprint density at radius 3 is 2.40 bits per heavy atom. The van der Waals surface area contributed by atoms with E-state index < -0.39 is 37.5 Å². The summed E-state index contributed by atoms with van der Waals surface area (Å²) in [4.78, 5) is 59.5. The van der Waals surface area contributed by atoms with Crippen LogP contribution in [-0.4, -0.2) is 63.4 Å². The number of amides is 3. The van der Waals surface area contributed by atoms with E-state index in [1.807, 2.05) is 36.4 Å². The van der Waals surface area contributed by atoms with Gasteiger partial charge in [-0.2, -0.15) is 17.0 Å². The minimum Gasteiger partial charge on any atom is -0.443 e. The van der Waals surface area contributed by atoms with E-state index in [2.05, 4.69) is 26.8 Å². The number of hydrazine groups is 1. The van der Waals surface area contributed by atoms with Crippen molar-refractivity contribution >= 4 is 43.2 Å². The number of carbonyl (C=O) groups excluding carboxylic acids is 3. The minimum absolute atomic E-state index is 0.0290. The molecule has 0 radical (unpaired) electrons. The highest BCUT2D eigenvalue weighted by molar-refractivity contribution is 7.99. The van der Waals surface area contributed by atoms with Crippen LogP contribution in [0.25, 0.3) is 11.1 Å². The van der Waals surface area contributed by atoms with Crippen LogP contribution < -0.4 is 25.6 Å². The molecule has 3 aromatic carbocycles. The third kappa shape index (κ3) is 10.6. The number of ether oxygens (including phenoxy) is 1. The first kappa shape index (κ1) is 35.5. The lowest BCUT2D eigenvalue weighted by molar-refractivity contribution is -0.128. The van der Waals surface area contributed by atoms with Gasteiger partial charge in [-0.3, -0.25) is 24.8 Å². The number of benzene rings is 3. The largest absolute Gasteiger partial charge is 0.524 e. The number of nitrogens with zero attached hydrogens (tertiary/aromatic N) is 2. The summed E-state index contributed by atoms with van der Waals surface area (Å²) < 4.78 is 21.0. The van der Waals surface area contributed by atoms with E-state index in [0.29, 0.717) is 34.9 Å². The molecule has 0 saturated carbocycles. The normalized spacial score (nSPS) is 16.0. The molecule has 0 aromatic heterocycles. The van der Waals surface area contributed by atoms with Crippen molar-refractivity contribution in [3.05, 3.63) is 83.9 Å². The Morgan fingerprint density at radius 1 is 1.09 bits per heavy atom. The smallest absolute Gasteiger partial charge is 0.443 e. The van der Waals surface area contributed by atoms with E-state index in [4.69, 9.17) is 14.5 Å². The number of rotatable bonds is 10. The van der Waals surface area contributed by atoms with E-state index >= 15 is 0 Å². The van der Waals surface area contributed by atoms with E-state index in [-0.39, 0.29) is 18.1 Å². The monoisotopic (exact) mass is 681 g/mol. The van der Waals surface area contributed by atoms with Gasteiger partial charge in [0.05, 0.1) is 11.6 Å². The molecule has 0 bridgehead atoms. The summed E-state index contributed by atoms with van der Waals surface area (Å²) in [7, 11) is -4.75. The first-order valence-electron chi connectivity index (χ1n) is 14.6. The van der Waals surface area contributed by atoms with Crippen molar-refractivity contribution in [1.29, 1.82) is 5.26 Å². The second-order valence-electron chi connectivity index (χ2n) is 11.6. The van der Waals surface area contributed by atoms with Gasteiger partial charge in [-0.25, -0.2) is 14.8 Å². The van der Waals surface area contributed by atoms with Gasteiger partial charge in [0.1, 0.15) is 23.4 Å². The summed E-state index contributed by atoms with van der Waals surface area (Å²) in [6.07, 6.45) is -0.782. The average Bonchev–Trinajstić information content (AvgIpc) is 3.19. The fourth-order valence-corrected chi connectivity index (χ4v) is 6.07. The maximum Gasteiger partial charge on any atom is 0.524 e. The first-order valence-corrected chi connectivity index (χ1v) is 17.3. The van der Waals surface area contributed by atoms with E-state index in [1.54, 1.807) is 37.8 Å². The van der Waals surface area contributed by atoms with E-state index in [0.717, 1.165) is 11.1 Å². The van der Waals surface area contributed by atoms with Crippen molar-refractivity contribution in [2.45, 2.75) is 44.9 Å². The SMILES string of the molecule is CC(C)(C)OC(=O)NN[C@@H](Cc1ccc(OP(=O)(O)O)cc1)C(=O)N[C@H]1CSCCN(c2ccc(-c3ccccc3C#N)cc2)C1=O. The molecule has 248 valence electrons. The van der Waals surface area contributed by atoms with Crippen LogP contribution in [0.3, 0.4) is 0 Å². The highest BCUT2D eigenvalue weighted by Crippen LogP contribution is 2.37. The number of hydrogen-bond donors (Lipinski definition) is 5. The average molecular weight is 682 g/mol. The summed E-state index contributed by atoms with van der Waals surface area (Å²) in [6, 6.07) is 20.6. The molecule has 1 heterocycles. The predicted molar refractivity (Wildman–Crippen MR) is 177 cm³/mol. The zero-order chi connectivity index (χ0) is 34.2. The molecule has 1 saturated heterocycles. The zero-order valence-electron chi connectivity index (χ0n) is 26.0. The molecule has 1 aliphatic heterocycles. The minimum atomic E-state index is -4.75. The van der Waals surface area contributed by atoms with Crippen LogP contribution in [0.2, 0.25) is 0 Å². The van der Waals surface area contributed by atoms with Crippen molar-refractivity contribution in [2.75, 3.05) is 23.0 Å². The quantitative estimate of drug-likeness (QED) is 0.154. The molecule has 13 nitrogen and oxygen atoms in total. The van der Waals surface area contributed by atoms with Crippen LogP contribution in [0, 0.1) is 11.3 Å². The first-order chi connectivity index (χ1) is 22.2. The van der Waals surface area contributed by atoms with Gasteiger partial charge in [0.25, 0.3) is 0 Å². The number of hydrogen-bond acceptors (Lipinski definition) is 9. The summed E-state index contributed by atoms with van der Waals surface area (Å²) in [5, 5.41) is 12.3. The third-order valence-electron chi connectivity index (χ3n) is 6.81. The van der Waals surface area contributed by atoms with Crippen LogP contribution in [0.4, 0.5) is 10.5 Å². The molecule has 5 N–H and O–H groups in total. The van der Waals surface area contributed by atoms with Gasteiger partial charge in [0, 0.05) is 23.7 Å². The lowest BCUT2D eigenvalue weighted by Gasteiger charge is -2.27. The Bertz CT molecular complexity index is 1670. The fraction of sp³-hybridized carbons (Fsp3) is 0.312. The second kappa shape index (κ2) is 15.5. The van der Waals surface area contributed by atoms with Crippen molar-refractivity contribution in [3.8, 4) is 22.9 Å². The van der Waals surface area contributed by atoms with E-state index in [1.165, 1.54) is 36.0 Å². The van der Waals surface area contributed by atoms with Gasteiger partial charge in [-0.15, -0.1) is 0 Å². The molecule has 2 atom stereocenters. The molecule has 1 fully saturated rings.